The Morgan fingerprint density at radius 3 is 2.53 bits per heavy atom. The maximum Gasteiger partial charge on any atom is 0.240 e. The molecule has 0 radical (unpaired) electrons. The number of ether oxygens (including phenoxy) is 1. The van der Waals surface area contributed by atoms with Crippen LogP contribution in [0.15, 0.2) is 42.5 Å². The molecule has 2 amide bonds. The molecule has 0 unspecified atom stereocenters. The molecule has 8 heteroatoms. The summed E-state index contributed by atoms with van der Waals surface area (Å²) in [5.74, 6) is 0.592. The Labute approximate surface area is 229 Å². The monoisotopic (exact) mass is 534 g/mol. The van der Waals surface area contributed by atoms with Crippen molar-refractivity contribution in [1.29, 1.82) is 0 Å². The molecule has 7 nitrogen and oxygen atoms in total. The number of thioether (sulfide) groups is 1. The van der Waals surface area contributed by atoms with Crippen LogP contribution < -0.4 is 10.2 Å². The molecule has 0 fully saturated rings. The van der Waals surface area contributed by atoms with Gasteiger partial charge in [-0.2, -0.15) is 5.10 Å². The number of hydrogen-bond acceptors (Lipinski definition) is 5. The number of carbonyl (C=O) groups is 2. The standard InChI is InChI=1S/C30H38N4O3S/c1-19-12-13-23(21(3)16-19)34-29-26(28(32-34)30(4,5)6)27(22-11-9-8-10-20(22)2)38-18-25(36)33(29)17-24(35)31-14-15-37-7/h8-13,16,27H,14-15,17-18H2,1-7H3,(H,31,35)/t27-/m0/s1. The predicted molar refractivity (Wildman–Crippen MR) is 154 cm³/mol. The molecule has 0 aliphatic carbocycles. The lowest BCUT2D eigenvalue weighted by atomic mass is 9.86. The SMILES string of the molecule is COCCNC(=O)CN1C(=O)CS[C@@H](c2ccccc2C)c2c(C(C)(C)C)nn(-c3ccc(C)cc3C)c21. The van der Waals surface area contributed by atoms with Crippen molar-refractivity contribution in [3.05, 3.63) is 76.0 Å². The van der Waals surface area contributed by atoms with Crippen molar-refractivity contribution in [2.45, 2.75) is 52.2 Å². The van der Waals surface area contributed by atoms with Gasteiger partial charge in [-0.15, -0.1) is 11.8 Å². The molecule has 1 aliphatic rings. The molecule has 202 valence electrons. The number of hydrogen-bond donors (Lipinski definition) is 1. The van der Waals surface area contributed by atoms with Crippen LogP contribution in [0.1, 0.15) is 59.5 Å². The Hall–Kier alpha value is -3.10. The number of anilines is 1. The number of nitrogens with zero attached hydrogens (tertiary/aromatic N) is 3. The number of benzene rings is 2. The van der Waals surface area contributed by atoms with E-state index in [2.05, 4.69) is 71.1 Å². The van der Waals surface area contributed by atoms with E-state index in [0.29, 0.717) is 19.0 Å². The number of nitrogens with one attached hydrogen (secondary N) is 1. The Kier molecular flexibility index (Phi) is 8.33. The number of aromatic nitrogens is 2. The van der Waals surface area contributed by atoms with Gasteiger partial charge in [0.25, 0.3) is 0 Å². The van der Waals surface area contributed by atoms with Crippen LogP contribution in [0.3, 0.4) is 0 Å². The van der Waals surface area contributed by atoms with Gasteiger partial charge in [-0.1, -0.05) is 62.7 Å². The van der Waals surface area contributed by atoms with Crippen LogP contribution in [0.2, 0.25) is 0 Å². The van der Waals surface area contributed by atoms with Crippen LogP contribution in [0, 0.1) is 20.8 Å². The highest BCUT2D eigenvalue weighted by Gasteiger charge is 2.40. The second kappa shape index (κ2) is 11.3. The molecule has 3 aromatic rings. The molecule has 1 N–H and O–H groups in total. The molecule has 1 aliphatic heterocycles. The summed E-state index contributed by atoms with van der Waals surface area (Å²) in [6, 6.07) is 14.5. The fourth-order valence-electron chi connectivity index (χ4n) is 4.90. The molecule has 0 saturated heterocycles. The number of methoxy groups -OCH3 is 1. The van der Waals surface area contributed by atoms with Crippen LogP contribution >= 0.6 is 11.8 Å². The number of rotatable bonds is 7. The van der Waals surface area contributed by atoms with E-state index in [4.69, 9.17) is 9.84 Å². The minimum absolute atomic E-state index is 0.0865. The Bertz CT molecular complexity index is 1340. The topological polar surface area (TPSA) is 76.5 Å². The van der Waals surface area contributed by atoms with Gasteiger partial charge >= 0.3 is 0 Å². The lowest BCUT2D eigenvalue weighted by molar-refractivity contribution is -0.123. The first-order chi connectivity index (χ1) is 18.0. The van der Waals surface area contributed by atoms with Crippen molar-refractivity contribution in [1.82, 2.24) is 15.1 Å². The summed E-state index contributed by atoms with van der Waals surface area (Å²) < 4.78 is 6.97. The first-order valence-electron chi connectivity index (χ1n) is 13.0. The zero-order chi connectivity index (χ0) is 27.6. The van der Waals surface area contributed by atoms with Crippen LogP contribution in [0.4, 0.5) is 5.82 Å². The molecule has 2 heterocycles. The Balaban J connectivity index is 2.00. The zero-order valence-electron chi connectivity index (χ0n) is 23.4. The quantitative estimate of drug-likeness (QED) is 0.431. The molecule has 2 aromatic carbocycles. The Morgan fingerprint density at radius 1 is 1.13 bits per heavy atom. The lowest BCUT2D eigenvalue weighted by Crippen LogP contribution is -2.43. The normalized spacial score (nSPS) is 15.8. The Morgan fingerprint density at radius 2 is 1.87 bits per heavy atom. The third kappa shape index (κ3) is 5.66. The highest BCUT2D eigenvalue weighted by Crippen LogP contribution is 2.49. The van der Waals surface area contributed by atoms with Crippen LogP contribution in [-0.2, 0) is 19.7 Å². The first-order valence-corrected chi connectivity index (χ1v) is 14.0. The molecule has 4 rings (SSSR count). The molecular weight excluding hydrogens is 496 g/mol. The van der Waals surface area contributed by atoms with Crippen molar-refractivity contribution < 1.29 is 14.3 Å². The van der Waals surface area contributed by atoms with Crippen molar-refractivity contribution in [2.24, 2.45) is 0 Å². The van der Waals surface area contributed by atoms with E-state index in [9.17, 15) is 9.59 Å². The average Bonchev–Trinajstić information content (AvgIpc) is 3.18. The minimum Gasteiger partial charge on any atom is -0.383 e. The highest BCUT2D eigenvalue weighted by atomic mass is 32.2. The molecule has 0 saturated carbocycles. The summed E-state index contributed by atoms with van der Waals surface area (Å²) in [6.07, 6.45) is 0. The number of fused-ring (bicyclic) bond motifs is 1. The summed E-state index contributed by atoms with van der Waals surface area (Å²) >= 11 is 1.60. The summed E-state index contributed by atoms with van der Waals surface area (Å²) in [5.41, 5.74) is 7.04. The number of amides is 2. The second-order valence-corrected chi connectivity index (χ2v) is 12.0. The molecule has 1 atom stereocenters. The smallest absolute Gasteiger partial charge is 0.240 e. The van der Waals surface area contributed by atoms with Gasteiger partial charge in [0.2, 0.25) is 11.8 Å². The maximum absolute atomic E-state index is 13.7. The van der Waals surface area contributed by atoms with Gasteiger partial charge in [-0.25, -0.2) is 4.68 Å². The minimum atomic E-state index is -0.296. The molecule has 38 heavy (non-hydrogen) atoms. The lowest BCUT2D eigenvalue weighted by Gasteiger charge is -2.25. The number of aryl methyl sites for hydroxylation is 3. The van der Waals surface area contributed by atoms with Crippen LogP contribution in [0.5, 0.6) is 0 Å². The van der Waals surface area contributed by atoms with E-state index in [1.165, 1.54) is 0 Å². The maximum atomic E-state index is 13.7. The molecule has 0 bridgehead atoms. The van der Waals surface area contributed by atoms with Crippen molar-refractivity contribution in [3.8, 4) is 5.69 Å². The summed E-state index contributed by atoms with van der Waals surface area (Å²) in [4.78, 5) is 28.4. The fourth-order valence-corrected chi connectivity index (χ4v) is 6.20. The summed E-state index contributed by atoms with van der Waals surface area (Å²) in [5, 5.41) is 7.97. The van der Waals surface area contributed by atoms with Crippen molar-refractivity contribution in [2.75, 3.05) is 37.5 Å². The third-order valence-electron chi connectivity index (χ3n) is 6.78. The van der Waals surface area contributed by atoms with Crippen LogP contribution in [0.25, 0.3) is 5.69 Å². The van der Waals surface area contributed by atoms with Gasteiger partial charge in [0, 0.05) is 24.6 Å². The summed E-state index contributed by atoms with van der Waals surface area (Å²) in [7, 11) is 1.59. The van der Waals surface area contributed by atoms with Crippen LogP contribution in [-0.4, -0.2) is 54.2 Å². The predicted octanol–water partition coefficient (Wildman–Crippen LogP) is 5.03. The summed E-state index contributed by atoms with van der Waals surface area (Å²) in [6.45, 7) is 13.4. The largest absolute Gasteiger partial charge is 0.383 e. The van der Waals surface area contributed by atoms with Gasteiger partial charge in [0.15, 0.2) is 0 Å². The molecular formula is C30H38N4O3S. The van der Waals surface area contributed by atoms with Gasteiger partial charge in [0.05, 0.1) is 29.0 Å². The zero-order valence-corrected chi connectivity index (χ0v) is 24.2. The van der Waals surface area contributed by atoms with Gasteiger partial charge in [-0.3, -0.25) is 14.5 Å². The fraction of sp³-hybridized carbons (Fsp3) is 0.433. The van der Waals surface area contributed by atoms with E-state index in [1.807, 2.05) is 22.9 Å². The van der Waals surface area contributed by atoms with Gasteiger partial charge in [0.1, 0.15) is 12.4 Å². The third-order valence-corrected chi connectivity index (χ3v) is 8.02. The highest BCUT2D eigenvalue weighted by molar-refractivity contribution is 8.00. The van der Waals surface area contributed by atoms with Gasteiger partial charge < -0.3 is 10.1 Å². The average molecular weight is 535 g/mol. The van der Waals surface area contributed by atoms with Gasteiger partial charge in [-0.05, 0) is 43.5 Å². The molecule has 1 aromatic heterocycles. The van der Waals surface area contributed by atoms with Crippen molar-refractivity contribution in [3.63, 3.8) is 0 Å². The van der Waals surface area contributed by atoms with E-state index < -0.39 is 0 Å². The van der Waals surface area contributed by atoms with E-state index in [1.54, 1.807) is 23.8 Å². The van der Waals surface area contributed by atoms with E-state index in [0.717, 1.165) is 39.2 Å². The number of carbonyl (C=O) groups excluding carboxylic acids is 2. The second-order valence-electron chi connectivity index (χ2n) is 10.9. The van der Waals surface area contributed by atoms with Crippen molar-refractivity contribution >= 4 is 29.4 Å². The van der Waals surface area contributed by atoms with E-state index >= 15 is 0 Å². The van der Waals surface area contributed by atoms with E-state index in [-0.39, 0.29) is 34.8 Å². The first kappa shape index (κ1) is 27.9. The molecule has 0 spiro atoms.